The Kier molecular flexibility index (Phi) is 5.55. The molecule has 4 rings (SSSR count). The van der Waals surface area contributed by atoms with Crippen molar-refractivity contribution in [3.8, 4) is 0 Å². The second-order valence-electron chi connectivity index (χ2n) is 11.2. The van der Waals surface area contributed by atoms with Crippen molar-refractivity contribution >= 4 is 11.8 Å². The molecule has 2 fully saturated rings. The summed E-state index contributed by atoms with van der Waals surface area (Å²) < 4.78 is 5.88. The SMILES string of the molecule is CCC(CC)C(=O)O[C@H]1C(C)=C[C@]23C(=O)[C@@H](C=C(CO)[C@@H](O)[C@]12O)[C@H]1[C@@H](C[C@H]3C)C1(C)C. The minimum atomic E-state index is -2.06. The lowest BCUT2D eigenvalue weighted by atomic mass is 9.59. The number of carbonyl (C=O) groups excluding carboxylic acids is 2. The maximum atomic E-state index is 14.2. The number of aliphatic hydroxyl groups excluding tert-OH is 2. The van der Waals surface area contributed by atoms with Gasteiger partial charge in [0.15, 0.2) is 17.5 Å². The van der Waals surface area contributed by atoms with E-state index in [4.69, 9.17) is 4.74 Å². The van der Waals surface area contributed by atoms with Crippen LogP contribution in [0.3, 0.4) is 0 Å². The standard InChI is InChI=1S/C26H38O6/c1-7-15(8-2)23(30)32-22-13(3)11-25-14(4)9-18-19(24(18,5)6)17(21(25)29)10-16(12-27)20(28)26(22,25)31/h10-11,14-15,17-20,22,27-28,31H,7-9,12H2,1-6H3/t14-,17+,18-,19+,20-,22+,25+,26+/m1/s1. The lowest BCUT2D eigenvalue weighted by Gasteiger charge is -2.49. The van der Waals surface area contributed by atoms with Gasteiger partial charge in [0, 0.05) is 5.92 Å². The van der Waals surface area contributed by atoms with Crippen molar-refractivity contribution in [3.63, 3.8) is 0 Å². The summed E-state index contributed by atoms with van der Waals surface area (Å²) in [5, 5.41) is 33.9. The normalized spacial score (nSPS) is 44.1. The third kappa shape index (κ3) is 2.75. The second-order valence-corrected chi connectivity index (χ2v) is 11.2. The zero-order valence-corrected chi connectivity index (χ0v) is 20.1. The molecule has 0 radical (unpaired) electrons. The Bertz CT molecular complexity index is 883. The quantitative estimate of drug-likeness (QED) is 0.443. The van der Waals surface area contributed by atoms with E-state index in [0.29, 0.717) is 24.3 Å². The van der Waals surface area contributed by atoms with E-state index in [-0.39, 0.29) is 34.5 Å². The first-order valence-corrected chi connectivity index (χ1v) is 12.1. The molecule has 4 aliphatic rings. The third-order valence-electron chi connectivity index (χ3n) is 9.45. The summed E-state index contributed by atoms with van der Waals surface area (Å²) in [7, 11) is 0. The van der Waals surface area contributed by atoms with E-state index in [1.54, 1.807) is 19.1 Å². The highest BCUT2D eigenvalue weighted by Crippen LogP contribution is 2.71. The summed E-state index contributed by atoms with van der Waals surface area (Å²) in [6, 6.07) is 0. The van der Waals surface area contributed by atoms with Crippen LogP contribution < -0.4 is 0 Å². The van der Waals surface area contributed by atoms with E-state index in [1.807, 2.05) is 20.8 Å². The number of fused-ring (bicyclic) bond motifs is 3. The van der Waals surface area contributed by atoms with E-state index in [2.05, 4.69) is 13.8 Å². The Labute approximate surface area is 190 Å². The largest absolute Gasteiger partial charge is 0.454 e. The highest BCUT2D eigenvalue weighted by Gasteiger charge is 2.76. The van der Waals surface area contributed by atoms with Gasteiger partial charge in [-0.15, -0.1) is 0 Å². The van der Waals surface area contributed by atoms with Gasteiger partial charge in [-0.3, -0.25) is 9.59 Å². The lowest BCUT2D eigenvalue weighted by Crippen LogP contribution is -2.66. The molecule has 1 spiro atoms. The molecule has 178 valence electrons. The number of ether oxygens (including phenoxy) is 1. The first kappa shape index (κ1) is 23.7. The van der Waals surface area contributed by atoms with Crippen LogP contribution in [-0.4, -0.2) is 51.5 Å². The van der Waals surface area contributed by atoms with E-state index < -0.39 is 41.7 Å². The maximum Gasteiger partial charge on any atom is 0.309 e. The molecule has 0 saturated heterocycles. The van der Waals surface area contributed by atoms with Crippen LogP contribution in [0.25, 0.3) is 0 Å². The fraction of sp³-hybridized carbons (Fsp3) is 0.769. The van der Waals surface area contributed by atoms with Crippen LogP contribution in [0.5, 0.6) is 0 Å². The monoisotopic (exact) mass is 446 g/mol. The van der Waals surface area contributed by atoms with Gasteiger partial charge in [-0.1, -0.05) is 46.8 Å². The molecule has 6 nitrogen and oxygen atoms in total. The molecule has 0 heterocycles. The Morgan fingerprint density at radius 3 is 2.47 bits per heavy atom. The summed E-state index contributed by atoms with van der Waals surface area (Å²) in [6.07, 6.45) is 2.76. The highest BCUT2D eigenvalue weighted by atomic mass is 16.6. The molecule has 0 amide bonds. The number of esters is 1. The number of aliphatic hydroxyl groups is 3. The Balaban J connectivity index is 1.87. The van der Waals surface area contributed by atoms with Crippen molar-refractivity contribution in [3.05, 3.63) is 23.3 Å². The maximum absolute atomic E-state index is 14.2. The van der Waals surface area contributed by atoms with Gasteiger partial charge in [0.2, 0.25) is 0 Å². The molecule has 0 aromatic heterocycles. The van der Waals surface area contributed by atoms with Gasteiger partial charge in [0.25, 0.3) is 0 Å². The molecule has 0 aliphatic heterocycles. The van der Waals surface area contributed by atoms with Crippen LogP contribution in [0.2, 0.25) is 0 Å². The molecule has 2 bridgehead atoms. The lowest BCUT2D eigenvalue weighted by molar-refractivity contribution is -0.205. The van der Waals surface area contributed by atoms with E-state index in [1.165, 1.54) is 0 Å². The van der Waals surface area contributed by atoms with Crippen molar-refractivity contribution in [1.82, 2.24) is 0 Å². The van der Waals surface area contributed by atoms with Crippen molar-refractivity contribution in [2.45, 2.75) is 78.6 Å². The third-order valence-corrected chi connectivity index (χ3v) is 9.45. The average molecular weight is 447 g/mol. The number of ketones is 1. The minimum Gasteiger partial charge on any atom is -0.454 e. The Hall–Kier alpha value is -1.50. The van der Waals surface area contributed by atoms with Gasteiger partial charge in [0.1, 0.15) is 6.10 Å². The molecule has 0 aromatic carbocycles. The van der Waals surface area contributed by atoms with Gasteiger partial charge < -0.3 is 20.1 Å². The number of hydrogen-bond acceptors (Lipinski definition) is 6. The van der Waals surface area contributed by atoms with Gasteiger partial charge in [0.05, 0.1) is 17.9 Å². The van der Waals surface area contributed by atoms with E-state index in [0.717, 1.165) is 6.42 Å². The molecule has 32 heavy (non-hydrogen) atoms. The van der Waals surface area contributed by atoms with Crippen LogP contribution >= 0.6 is 0 Å². The first-order chi connectivity index (χ1) is 14.9. The predicted molar refractivity (Wildman–Crippen MR) is 119 cm³/mol. The highest BCUT2D eigenvalue weighted by molar-refractivity contribution is 5.95. The van der Waals surface area contributed by atoms with Crippen LogP contribution in [0.15, 0.2) is 23.3 Å². The van der Waals surface area contributed by atoms with Crippen LogP contribution in [0.4, 0.5) is 0 Å². The topological polar surface area (TPSA) is 104 Å². The van der Waals surface area contributed by atoms with Gasteiger partial charge in [-0.2, -0.15) is 0 Å². The molecule has 0 aromatic rings. The smallest absolute Gasteiger partial charge is 0.309 e. The first-order valence-electron chi connectivity index (χ1n) is 12.1. The average Bonchev–Trinajstić information content (AvgIpc) is 3.23. The van der Waals surface area contributed by atoms with Crippen LogP contribution in [0.1, 0.15) is 60.8 Å². The van der Waals surface area contributed by atoms with Gasteiger partial charge in [-0.05, 0) is 60.5 Å². The molecule has 8 atom stereocenters. The summed E-state index contributed by atoms with van der Waals surface area (Å²) in [6.45, 7) is 11.4. The predicted octanol–water partition coefficient (Wildman–Crippen LogP) is 2.80. The number of Topliss-reactive ketones (excluding diaryl/α,β-unsaturated/α-hetero) is 1. The molecular formula is C26H38O6. The summed E-state index contributed by atoms with van der Waals surface area (Å²) in [4.78, 5) is 27.2. The summed E-state index contributed by atoms with van der Waals surface area (Å²) in [5.41, 5.74) is -2.63. The minimum absolute atomic E-state index is 0.0145. The van der Waals surface area contributed by atoms with Gasteiger partial charge in [-0.25, -0.2) is 0 Å². The number of rotatable bonds is 5. The zero-order chi connectivity index (χ0) is 23.8. The molecule has 0 unspecified atom stereocenters. The second kappa shape index (κ2) is 7.51. The summed E-state index contributed by atoms with van der Waals surface area (Å²) in [5.74, 6) is -1.21. The molecule has 2 saturated carbocycles. The molecule has 3 N–H and O–H groups in total. The van der Waals surface area contributed by atoms with E-state index >= 15 is 0 Å². The fourth-order valence-corrected chi connectivity index (χ4v) is 7.43. The van der Waals surface area contributed by atoms with Crippen molar-refractivity contribution in [2.24, 2.45) is 40.4 Å². The number of carbonyl (C=O) groups is 2. The Morgan fingerprint density at radius 1 is 1.28 bits per heavy atom. The van der Waals surface area contributed by atoms with Gasteiger partial charge >= 0.3 is 5.97 Å². The molecule has 4 aliphatic carbocycles. The zero-order valence-electron chi connectivity index (χ0n) is 20.1. The van der Waals surface area contributed by atoms with Crippen molar-refractivity contribution in [2.75, 3.05) is 6.61 Å². The summed E-state index contributed by atoms with van der Waals surface area (Å²) >= 11 is 0. The van der Waals surface area contributed by atoms with Crippen molar-refractivity contribution in [1.29, 1.82) is 0 Å². The van der Waals surface area contributed by atoms with E-state index in [9.17, 15) is 24.9 Å². The van der Waals surface area contributed by atoms with Crippen molar-refractivity contribution < 1.29 is 29.6 Å². The number of hydrogen-bond donors (Lipinski definition) is 3. The Morgan fingerprint density at radius 2 is 1.91 bits per heavy atom. The molecule has 6 heteroatoms. The van der Waals surface area contributed by atoms with Crippen LogP contribution in [0, 0.1) is 40.4 Å². The fourth-order valence-electron chi connectivity index (χ4n) is 7.43. The van der Waals surface area contributed by atoms with Crippen LogP contribution in [-0.2, 0) is 14.3 Å². The number of allylic oxidation sites excluding steroid dienone is 1. The molecular weight excluding hydrogens is 408 g/mol.